The maximum atomic E-state index is 13.1. The van der Waals surface area contributed by atoms with Gasteiger partial charge in [-0.1, -0.05) is 6.07 Å². The van der Waals surface area contributed by atoms with Crippen LogP contribution in [0.4, 0.5) is 13.2 Å². The molecule has 0 heterocycles. The molecule has 1 atom stereocenters. The van der Waals surface area contributed by atoms with Gasteiger partial charge >= 0.3 is 12.6 Å². The molecule has 0 spiro atoms. The first kappa shape index (κ1) is 20.9. The number of amides is 1. The maximum absolute atomic E-state index is 13.1. The lowest BCUT2D eigenvalue weighted by molar-refractivity contribution is -0.145. The van der Waals surface area contributed by atoms with Crippen LogP contribution in [0.3, 0.4) is 0 Å². The Balaban J connectivity index is 1.85. The van der Waals surface area contributed by atoms with E-state index in [1.807, 2.05) is 0 Å². The molecule has 0 fully saturated rings. The third-order valence-electron chi connectivity index (χ3n) is 3.52. The Hall–Kier alpha value is -3.36. The van der Waals surface area contributed by atoms with Gasteiger partial charge in [0.2, 0.25) is 5.78 Å². The molecule has 0 bridgehead atoms. The Bertz CT molecular complexity index is 855. The van der Waals surface area contributed by atoms with Crippen molar-refractivity contribution in [1.82, 2.24) is 5.32 Å². The third kappa shape index (κ3) is 6.11. The monoisotopic (exact) mass is 395 g/mol. The van der Waals surface area contributed by atoms with Crippen molar-refractivity contribution in [3.8, 4) is 5.75 Å². The van der Waals surface area contributed by atoms with E-state index in [1.54, 1.807) is 0 Å². The summed E-state index contributed by atoms with van der Waals surface area (Å²) in [5.41, 5.74) is 0.161. The van der Waals surface area contributed by atoms with Crippen LogP contribution in [0.1, 0.15) is 27.6 Å². The van der Waals surface area contributed by atoms with Gasteiger partial charge in [-0.05, 0) is 49.4 Å². The summed E-state index contributed by atoms with van der Waals surface area (Å²) in [7, 11) is 0. The van der Waals surface area contributed by atoms with Crippen LogP contribution in [-0.4, -0.2) is 36.9 Å². The third-order valence-corrected chi connectivity index (χ3v) is 3.52. The first-order valence-electron chi connectivity index (χ1n) is 8.08. The molecule has 1 amide bonds. The zero-order valence-corrected chi connectivity index (χ0v) is 14.7. The predicted octanol–water partition coefficient (Wildman–Crippen LogP) is 2.97. The molecule has 2 aromatic rings. The highest BCUT2D eigenvalue weighted by atomic mass is 19.3. The van der Waals surface area contributed by atoms with E-state index in [4.69, 9.17) is 4.74 Å². The van der Waals surface area contributed by atoms with E-state index in [-0.39, 0.29) is 16.9 Å². The lowest BCUT2D eigenvalue weighted by Gasteiger charge is -2.13. The van der Waals surface area contributed by atoms with Gasteiger partial charge < -0.3 is 14.8 Å². The van der Waals surface area contributed by atoms with Crippen LogP contribution < -0.4 is 10.1 Å². The Morgan fingerprint density at radius 3 is 2.32 bits per heavy atom. The quantitative estimate of drug-likeness (QED) is 0.549. The molecule has 9 heteroatoms. The number of rotatable bonds is 8. The molecule has 0 saturated carbocycles. The van der Waals surface area contributed by atoms with Crippen molar-refractivity contribution in [2.45, 2.75) is 19.6 Å². The van der Waals surface area contributed by atoms with E-state index < -0.39 is 42.7 Å². The number of nitrogens with one attached hydrogen (secondary N) is 1. The van der Waals surface area contributed by atoms with Crippen LogP contribution in [0.5, 0.6) is 5.75 Å². The fourth-order valence-electron chi connectivity index (χ4n) is 2.21. The number of halogens is 3. The predicted molar refractivity (Wildman–Crippen MR) is 91.7 cm³/mol. The molecular formula is C19H16F3NO5. The maximum Gasteiger partial charge on any atom is 0.387 e. The zero-order chi connectivity index (χ0) is 20.7. The minimum atomic E-state index is -2.98. The molecule has 0 saturated heterocycles. The molecule has 6 nitrogen and oxygen atoms in total. The Kier molecular flexibility index (Phi) is 7.14. The smallest absolute Gasteiger partial charge is 0.387 e. The second-order valence-corrected chi connectivity index (χ2v) is 5.59. The van der Waals surface area contributed by atoms with Crippen LogP contribution in [0, 0.1) is 5.82 Å². The topological polar surface area (TPSA) is 81.7 Å². The highest BCUT2D eigenvalue weighted by molar-refractivity contribution is 6.00. The van der Waals surface area contributed by atoms with E-state index >= 15 is 0 Å². The molecule has 2 aromatic carbocycles. The molecule has 0 radical (unpaired) electrons. The summed E-state index contributed by atoms with van der Waals surface area (Å²) in [4.78, 5) is 35.8. The number of hydrogen-bond acceptors (Lipinski definition) is 5. The van der Waals surface area contributed by atoms with Crippen LogP contribution in [0.2, 0.25) is 0 Å². The fraction of sp³-hybridized carbons (Fsp3) is 0.211. The van der Waals surface area contributed by atoms with Gasteiger partial charge in [-0.25, -0.2) is 4.39 Å². The lowest BCUT2D eigenvalue weighted by atomic mass is 10.1. The summed E-state index contributed by atoms with van der Waals surface area (Å²) in [5.74, 6) is -2.82. The first-order chi connectivity index (χ1) is 13.3. The largest absolute Gasteiger partial charge is 0.453 e. The number of carbonyl (C=O) groups excluding carboxylic acids is 3. The standard InChI is InChI=1S/C19H16F3NO5/c1-11(17(25)12-5-7-15(8-6-12)28-19(21)22)27-16(24)10-23-18(26)13-3-2-4-14(20)9-13/h2-9,11,19H,10H2,1H3,(H,23,26)/t11-/m0/s1. The lowest BCUT2D eigenvalue weighted by Crippen LogP contribution is -2.34. The average molecular weight is 395 g/mol. The van der Waals surface area contributed by atoms with Gasteiger partial charge in [0, 0.05) is 11.1 Å². The number of benzene rings is 2. The molecule has 0 aliphatic rings. The van der Waals surface area contributed by atoms with Crippen LogP contribution in [-0.2, 0) is 9.53 Å². The molecule has 1 N–H and O–H groups in total. The van der Waals surface area contributed by atoms with Crippen molar-refractivity contribution in [3.63, 3.8) is 0 Å². The van der Waals surface area contributed by atoms with Crippen LogP contribution in [0.15, 0.2) is 48.5 Å². The number of carbonyl (C=O) groups is 3. The van der Waals surface area contributed by atoms with E-state index in [0.717, 1.165) is 6.07 Å². The van der Waals surface area contributed by atoms with Gasteiger partial charge in [-0.2, -0.15) is 8.78 Å². The van der Waals surface area contributed by atoms with Crippen molar-refractivity contribution < 1.29 is 37.0 Å². The highest BCUT2D eigenvalue weighted by Gasteiger charge is 2.20. The van der Waals surface area contributed by atoms with Gasteiger partial charge in [-0.15, -0.1) is 0 Å². The fourth-order valence-corrected chi connectivity index (χ4v) is 2.21. The molecular weight excluding hydrogens is 379 g/mol. The Morgan fingerprint density at radius 2 is 1.71 bits per heavy atom. The minimum absolute atomic E-state index is 0.0306. The summed E-state index contributed by atoms with van der Waals surface area (Å²) in [6, 6.07) is 9.80. The normalized spacial score (nSPS) is 11.6. The molecule has 0 aromatic heterocycles. The molecule has 148 valence electrons. The van der Waals surface area contributed by atoms with Crippen molar-refractivity contribution in [3.05, 3.63) is 65.5 Å². The van der Waals surface area contributed by atoms with Gasteiger partial charge in [0.1, 0.15) is 18.1 Å². The number of esters is 1. The summed E-state index contributed by atoms with van der Waals surface area (Å²) in [6.07, 6.45) is -1.17. The van der Waals surface area contributed by atoms with Crippen molar-refractivity contribution >= 4 is 17.7 Å². The summed E-state index contributed by atoms with van der Waals surface area (Å²) in [6.45, 7) is -2.17. The minimum Gasteiger partial charge on any atom is -0.453 e. The molecule has 0 aliphatic carbocycles. The van der Waals surface area contributed by atoms with Crippen LogP contribution in [0.25, 0.3) is 0 Å². The Labute approximate surface area is 158 Å². The number of Topliss-reactive ketones (excluding diaryl/α,β-unsaturated/α-hetero) is 1. The average Bonchev–Trinajstić information content (AvgIpc) is 2.65. The number of hydrogen-bond donors (Lipinski definition) is 1. The molecule has 2 rings (SSSR count). The van der Waals surface area contributed by atoms with E-state index in [0.29, 0.717) is 0 Å². The number of ether oxygens (including phenoxy) is 2. The molecule has 28 heavy (non-hydrogen) atoms. The van der Waals surface area contributed by atoms with Gasteiger partial charge in [0.05, 0.1) is 0 Å². The van der Waals surface area contributed by atoms with Crippen molar-refractivity contribution in [2.24, 2.45) is 0 Å². The van der Waals surface area contributed by atoms with Gasteiger partial charge in [0.15, 0.2) is 6.10 Å². The first-order valence-corrected chi connectivity index (χ1v) is 8.08. The van der Waals surface area contributed by atoms with E-state index in [2.05, 4.69) is 10.1 Å². The molecule has 0 unspecified atom stereocenters. The van der Waals surface area contributed by atoms with Crippen molar-refractivity contribution in [1.29, 1.82) is 0 Å². The second-order valence-electron chi connectivity index (χ2n) is 5.59. The van der Waals surface area contributed by atoms with E-state index in [9.17, 15) is 27.6 Å². The second kappa shape index (κ2) is 9.54. The SMILES string of the molecule is C[C@H](OC(=O)CNC(=O)c1cccc(F)c1)C(=O)c1ccc(OC(F)F)cc1. The summed E-state index contributed by atoms with van der Waals surface area (Å²) < 4.78 is 46.4. The number of alkyl halides is 2. The van der Waals surface area contributed by atoms with E-state index in [1.165, 1.54) is 49.4 Å². The van der Waals surface area contributed by atoms with Crippen molar-refractivity contribution in [2.75, 3.05) is 6.54 Å². The Morgan fingerprint density at radius 1 is 1.04 bits per heavy atom. The number of ketones is 1. The zero-order valence-electron chi connectivity index (χ0n) is 14.7. The summed E-state index contributed by atoms with van der Waals surface area (Å²) >= 11 is 0. The highest BCUT2D eigenvalue weighted by Crippen LogP contribution is 2.16. The van der Waals surface area contributed by atoms with Gasteiger partial charge in [0.25, 0.3) is 5.91 Å². The van der Waals surface area contributed by atoms with Crippen LogP contribution >= 0.6 is 0 Å². The molecule has 0 aliphatic heterocycles. The van der Waals surface area contributed by atoms with Gasteiger partial charge in [-0.3, -0.25) is 14.4 Å². The summed E-state index contributed by atoms with van der Waals surface area (Å²) in [5, 5.41) is 2.26.